The first kappa shape index (κ1) is 19.2. The van der Waals surface area contributed by atoms with Crippen LogP contribution in [-0.2, 0) is 4.79 Å². The van der Waals surface area contributed by atoms with Crippen LogP contribution in [0.4, 0.5) is 0 Å². The number of hydrogen-bond donors (Lipinski definition) is 0. The van der Waals surface area contributed by atoms with Gasteiger partial charge in [-0.3, -0.25) is 4.79 Å². The van der Waals surface area contributed by atoms with Gasteiger partial charge in [0.15, 0.2) is 0 Å². The quantitative estimate of drug-likeness (QED) is 0.553. The molecule has 0 saturated carbocycles. The molecule has 3 rings (SSSR count). The van der Waals surface area contributed by atoms with Crippen LogP contribution >= 0.6 is 11.8 Å². The van der Waals surface area contributed by atoms with Gasteiger partial charge in [0.2, 0.25) is 11.8 Å². The average Bonchev–Trinajstić information content (AvgIpc) is 3.17. The van der Waals surface area contributed by atoms with Gasteiger partial charge in [-0.15, -0.1) is 10.2 Å². The summed E-state index contributed by atoms with van der Waals surface area (Å²) in [4.78, 5) is 14.9. The number of aromatic nitrogens is 2. The van der Waals surface area contributed by atoms with E-state index in [0.29, 0.717) is 24.2 Å². The fraction of sp³-hybridized carbons (Fsp3) is 0.286. The van der Waals surface area contributed by atoms with E-state index in [2.05, 4.69) is 10.2 Å². The summed E-state index contributed by atoms with van der Waals surface area (Å²) in [5.41, 5.74) is 2.96. The van der Waals surface area contributed by atoms with Crippen LogP contribution in [0.5, 0.6) is 0 Å². The van der Waals surface area contributed by atoms with Crippen molar-refractivity contribution in [3.05, 3.63) is 65.7 Å². The number of carbonyl (C=O) groups excluding carboxylic acids is 1. The zero-order chi connectivity index (χ0) is 19.2. The Labute approximate surface area is 163 Å². The summed E-state index contributed by atoms with van der Waals surface area (Å²) in [7, 11) is 0. The maximum atomic E-state index is 13.0. The highest BCUT2D eigenvalue weighted by molar-refractivity contribution is 8.00. The van der Waals surface area contributed by atoms with Gasteiger partial charge in [-0.25, -0.2) is 0 Å². The number of likely N-dealkylation sites (N-methyl/N-ethyl adjacent to an activating group) is 1. The van der Waals surface area contributed by atoms with E-state index < -0.39 is 5.25 Å². The topological polar surface area (TPSA) is 59.2 Å². The molecular formula is C21H23N3O2S. The van der Waals surface area contributed by atoms with Crippen molar-refractivity contribution in [1.29, 1.82) is 0 Å². The van der Waals surface area contributed by atoms with E-state index in [0.717, 1.165) is 11.1 Å². The van der Waals surface area contributed by atoms with E-state index >= 15 is 0 Å². The number of carbonyl (C=O) groups is 1. The Morgan fingerprint density at radius 2 is 1.70 bits per heavy atom. The van der Waals surface area contributed by atoms with Gasteiger partial charge in [-0.05, 0) is 50.2 Å². The fourth-order valence-electron chi connectivity index (χ4n) is 2.76. The van der Waals surface area contributed by atoms with Gasteiger partial charge in [0.05, 0.1) is 0 Å². The normalized spacial score (nSPS) is 12.0. The Kier molecular flexibility index (Phi) is 6.29. The molecule has 0 radical (unpaired) electrons. The minimum atomic E-state index is -0.419. The highest BCUT2D eigenvalue weighted by Crippen LogP contribution is 2.37. The van der Waals surface area contributed by atoms with Crippen molar-refractivity contribution < 1.29 is 9.21 Å². The van der Waals surface area contributed by atoms with Crippen molar-refractivity contribution in [1.82, 2.24) is 15.1 Å². The van der Waals surface area contributed by atoms with Crippen LogP contribution < -0.4 is 0 Å². The van der Waals surface area contributed by atoms with Gasteiger partial charge in [0, 0.05) is 18.7 Å². The summed E-state index contributed by atoms with van der Waals surface area (Å²) < 4.78 is 5.83. The number of nitrogens with zero attached hydrogens (tertiary/aromatic N) is 3. The molecule has 0 spiro atoms. The maximum Gasteiger partial charge on any atom is 0.277 e. The summed E-state index contributed by atoms with van der Waals surface area (Å²) in [6, 6.07) is 17.6. The number of aryl methyl sites for hydroxylation is 1. The smallest absolute Gasteiger partial charge is 0.277 e. The van der Waals surface area contributed by atoms with E-state index in [1.807, 2.05) is 80.3 Å². The number of amides is 1. The monoisotopic (exact) mass is 381 g/mol. The largest absolute Gasteiger partial charge is 0.411 e. The molecule has 0 unspecified atom stereocenters. The maximum absolute atomic E-state index is 13.0. The third-order valence-corrected chi connectivity index (χ3v) is 5.40. The third-order valence-electron chi connectivity index (χ3n) is 4.33. The summed E-state index contributed by atoms with van der Waals surface area (Å²) in [6.07, 6.45) is 0. The Hall–Kier alpha value is -2.60. The predicted octanol–water partition coefficient (Wildman–Crippen LogP) is 4.75. The van der Waals surface area contributed by atoms with Crippen LogP contribution in [0.15, 0.2) is 64.2 Å². The molecular weight excluding hydrogens is 358 g/mol. The number of hydrogen-bond acceptors (Lipinski definition) is 5. The molecule has 0 aliphatic heterocycles. The van der Waals surface area contributed by atoms with Crippen LogP contribution in [0, 0.1) is 6.92 Å². The molecule has 5 nitrogen and oxygen atoms in total. The molecule has 0 aliphatic rings. The molecule has 1 aromatic heterocycles. The molecule has 2 aromatic carbocycles. The molecule has 0 aliphatic carbocycles. The highest BCUT2D eigenvalue weighted by Gasteiger charge is 2.28. The minimum Gasteiger partial charge on any atom is -0.411 e. The summed E-state index contributed by atoms with van der Waals surface area (Å²) >= 11 is 1.30. The van der Waals surface area contributed by atoms with E-state index in [1.165, 1.54) is 17.3 Å². The lowest BCUT2D eigenvalue weighted by atomic mass is 10.1. The van der Waals surface area contributed by atoms with E-state index in [9.17, 15) is 4.79 Å². The Morgan fingerprint density at radius 3 is 2.33 bits per heavy atom. The second-order valence-electron chi connectivity index (χ2n) is 6.16. The van der Waals surface area contributed by atoms with Gasteiger partial charge in [0.1, 0.15) is 5.25 Å². The first-order chi connectivity index (χ1) is 13.1. The summed E-state index contributed by atoms with van der Waals surface area (Å²) in [5, 5.41) is 8.26. The van der Waals surface area contributed by atoms with Crippen molar-refractivity contribution in [2.75, 3.05) is 13.1 Å². The van der Waals surface area contributed by atoms with Crippen molar-refractivity contribution >= 4 is 17.7 Å². The Morgan fingerprint density at radius 1 is 1.04 bits per heavy atom. The molecule has 140 valence electrons. The molecule has 1 atom stereocenters. The zero-order valence-electron chi connectivity index (χ0n) is 15.8. The lowest BCUT2D eigenvalue weighted by Crippen LogP contribution is -2.33. The van der Waals surface area contributed by atoms with Crippen molar-refractivity contribution in [2.45, 2.75) is 31.2 Å². The molecule has 0 saturated heterocycles. The number of rotatable bonds is 7. The highest BCUT2D eigenvalue weighted by atomic mass is 32.2. The fourth-order valence-corrected chi connectivity index (χ4v) is 3.72. The van der Waals surface area contributed by atoms with Crippen molar-refractivity contribution in [2.24, 2.45) is 0 Å². The zero-order valence-corrected chi connectivity index (χ0v) is 16.6. The molecule has 0 fully saturated rings. The predicted molar refractivity (Wildman–Crippen MR) is 107 cm³/mol. The van der Waals surface area contributed by atoms with Crippen LogP contribution in [0.25, 0.3) is 11.5 Å². The Bertz CT molecular complexity index is 874. The van der Waals surface area contributed by atoms with Gasteiger partial charge >= 0.3 is 0 Å². The first-order valence-corrected chi connectivity index (χ1v) is 9.91. The first-order valence-electron chi connectivity index (χ1n) is 9.03. The van der Waals surface area contributed by atoms with Gasteiger partial charge in [-0.2, -0.15) is 0 Å². The van der Waals surface area contributed by atoms with Crippen LogP contribution in [0.2, 0.25) is 0 Å². The molecule has 0 N–H and O–H groups in total. The van der Waals surface area contributed by atoms with Crippen molar-refractivity contribution in [3.63, 3.8) is 0 Å². The van der Waals surface area contributed by atoms with Gasteiger partial charge in [-0.1, -0.05) is 48.0 Å². The van der Waals surface area contributed by atoms with E-state index in [1.54, 1.807) is 0 Å². The molecule has 3 aromatic rings. The number of benzene rings is 2. The van der Waals surface area contributed by atoms with Crippen LogP contribution in [0.1, 0.15) is 30.2 Å². The molecule has 6 heteroatoms. The van der Waals surface area contributed by atoms with Gasteiger partial charge < -0.3 is 9.32 Å². The van der Waals surface area contributed by atoms with Gasteiger partial charge in [0.25, 0.3) is 5.22 Å². The van der Waals surface area contributed by atoms with Crippen molar-refractivity contribution in [3.8, 4) is 11.5 Å². The Balaban J connectivity index is 1.86. The lowest BCUT2D eigenvalue weighted by molar-refractivity contribution is -0.130. The molecule has 1 amide bonds. The van der Waals surface area contributed by atoms with Crippen LogP contribution in [0.3, 0.4) is 0 Å². The second-order valence-corrected chi connectivity index (χ2v) is 7.21. The summed E-state index contributed by atoms with van der Waals surface area (Å²) in [5.74, 6) is 0.505. The van der Waals surface area contributed by atoms with E-state index in [4.69, 9.17) is 4.42 Å². The average molecular weight is 382 g/mol. The lowest BCUT2D eigenvalue weighted by Gasteiger charge is -2.24. The SMILES string of the molecule is CCN(CC)C(=O)[C@H](Sc1nnc(-c2ccc(C)cc2)o1)c1ccccc1. The van der Waals surface area contributed by atoms with E-state index in [-0.39, 0.29) is 5.91 Å². The number of thioether (sulfide) groups is 1. The standard InChI is InChI=1S/C21H23N3O2S/c1-4-24(5-2)20(25)18(16-9-7-6-8-10-16)27-21-23-22-19(26-21)17-13-11-15(3)12-14-17/h6-14,18H,4-5H2,1-3H3/t18-/m1/s1. The molecule has 1 heterocycles. The summed E-state index contributed by atoms with van der Waals surface area (Å²) in [6.45, 7) is 7.32. The molecule has 0 bridgehead atoms. The molecule has 27 heavy (non-hydrogen) atoms. The minimum absolute atomic E-state index is 0.0475. The third kappa shape index (κ3) is 4.57. The van der Waals surface area contributed by atoms with Crippen LogP contribution in [-0.4, -0.2) is 34.1 Å². The second kappa shape index (κ2) is 8.86.